The Hall–Kier alpha value is -2.20. The van der Waals surface area contributed by atoms with E-state index < -0.39 is 0 Å². The second kappa shape index (κ2) is 7.38. The van der Waals surface area contributed by atoms with Gasteiger partial charge < -0.3 is 15.5 Å². The fraction of sp³-hybridized carbons (Fsp3) is 0.278. The molecule has 0 bridgehead atoms. The van der Waals surface area contributed by atoms with Crippen LogP contribution in [0.2, 0.25) is 5.02 Å². The Morgan fingerprint density at radius 1 is 1.13 bits per heavy atom. The number of aryl methyl sites for hydroxylation is 2. The Kier molecular flexibility index (Phi) is 5.50. The number of carbonyl (C=O) groups excluding carboxylic acids is 1. The van der Waals surface area contributed by atoms with E-state index in [1.165, 1.54) is 0 Å². The number of hydrogen-bond donors (Lipinski definition) is 2. The summed E-state index contributed by atoms with van der Waals surface area (Å²) in [5, 5.41) is 6.60. The lowest BCUT2D eigenvalue weighted by molar-refractivity contribution is -0.114. The van der Waals surface area contributed by atoms with Crippen molar-refractivity contribution in [3.63, 3.8) is 0 Å². The fourth-order valence-electron chi connectivity index (χ4n) is 2.36. The smallest absolute Gasteiger partial charge is 0.243 e. The van der Waals surface area contributed by atoms with Gasteiger partial charge in [0, 0.05) is 25.5 Å². The van der Waals surface area contributed by atoms with Crippen LogP contribution in [0.3, 0.4) is 0 Å². The van der Waals surface area contributed by atoms with Gasteiger partial charge in [0.1, 0.15) is 0 Å². The average Bonchev–Trinajstić information content (AvgIpc) is 2.46. The summed E-state index contributed by atoms with van der Waals surface area (Å²) in [4.78, 5) is 14.1. The molecule has 0 aliphatic rings. The van der Waals surface area contributed by atoms with Gasteiger partial charge in [0.05, 0.1) is 17.3 Å². The molecule has 0 aromatic heterocycles. The summed E-state index contributed by atoms with van der Waals surface area (Å²) in [7, 11) is 3.95. The summed E-state index contributed by atoms with van der Waals surface area (Å²) in [6.07, 6.45) is 0. The van der Waals surface area contributed by atoms with Gasteiger partial charge in [0.2, 0.25) is 5.91 Å². The molecule has 0 atom stereocenters. The van der Waals surface area contributed by atoms with Gasteiger partial charge in [-0.05, 0) is 55.3 Å². The number of halogens is 1. The number of amides is 1. The van der Waals surface area contributed by atoms with E-state index in [0.717, 1.165) is 28.2 Å². The van der Waals surface area contributed by atoms with Crippen LogP contribution in [0.15, 0.2) is 36.4 Å². The highest BCUT2D eigenvalue weighted by atomic mass is 35.5. The molecule has 0 spiro atoms. The summed E-state index contributed by atoms with van der Waals surface area (Å²) in [5.41, 5.74) is 4.79. The molecule has 0 fully saturated rings. The van der Waals surface area contributed by atoms with E-state index >= 15 is 0 Å². The molecular formula is C18H22ClN3O. The molecule has 5 heteroatoms. The predicted molar refractivity (Wildman–Crippen MR) is 98.8 cm³/mol. The van der Waals surface area contributed by atoms with Gasteiger partial charge in [-0.1, -0.05) is 17.7 Å². The lowest BCUT2D eigenvalue weighted by Gasteiger charge is -2.14. The van der Waals surface area contributed by atoms with Crippen LogP contribution in [0.1, 0.15) is 11.1 Å². The largest absolute Gasteiger partial charge is 0.378 e. The zero-order chi connectivity index (χ0) is 17.0. The lowest BCUT2D eigenvalue weighted by Crippen LogP contribution is -2.22. The Labute approximate surface area is 142 Å². The SMILES string of the molecule is Cc1cc(C)c(NCC(=O)Nc2ccc(N(C)C)cc2)c(Cl)c1. The molecule has 4 nitrogen and oxygen atoms in total. The Balaban J connectivity index is 1.95. The monoisotopic (exact) mass is 331 g/mol. The van der Waals surface area contributed by atoms with Crippen molar-refractivity contribution < 1.29 is 4.79 Å². The first-order valence-electron chi connectivity index (χ1n) is 7.44. The molecule has 23 heavy (non-hydrogen) atoms. The molecule has 2 aromatic carbocycles. The van der Waals surface area contributed by atoms with Crippen molar-refractivity contribution in [2.24, 2.45) is 0 Å². The van der Waals surface area contributed by atoms with Gasteiger partial charge in [0.25, 0.3) is 0 Å². The van der Waals surface area contributed by atoms with Crippen molar-refractivity contribution in [1.82, 2.24) is 0 Å². The van der Waals surface area contributed by atoms with Crippen molar-refractivity contribution in [2.45, 2.75) is 13.8 Å². The molecule has 1 amide bonds. The van der Waals surface area contributed by atoms with Gasteiger partial charge in [-0.15, -0.1) is 0 Å². The highest BCUT2D eigenvalue weighted by molar-refractivity contribution is 6.33. The minimum Gasteiger partial charge on any atom is -0.378 e. The highest BCUT2D eigenvalue weighted by Gasteiger charge is 2.08. The topological polar surface area (TPSA) is 44.4 Å². The lowest BCUT2D eigenvalue weighted by atomic mass is 10.1. The zero-order valence-electron chi connectivity index (χ0n) is 13.9. The van der Waals surface area contributed by atoms with E-state index in [2.05, 4.69) is 10.6 Å². The maximum atomic E-state index is 12.1. The standard InChI is InChI=1S/C18H22ClN3O/c1-12-9-13(2)18(16(19)10-12)20-11-17(23)21-14-5-7-15(8-6-14)22(3)4/h5-10,20H,11H2,1-4H3,(H,21,23). The molecule has 122 valence electrons. The number of hydrogen-bond acceptors (Lipinski definition) is 3. The Bertz CT molecular complexity index is 673. The van der Waals surface area contributed by atoms with Crippen LogP contribution in [0, 0.1) is 13.8 Å². The van der Waals surface area contributed by atoms with Gasteiger partial charge >= 0.3 is 0 Å². The summed E-state index contributed by atoms with van der Waals surface area (Å²) >= 11 is 6.23. The van der Waals surface area contributed by atoms with E-state index in [9.17, 15) is 4.79 Å². The minimum absolute atomic E-state index is 0.112. The maximum absolute atomic E-state index is 12.1. The molecule has 0 radical (unpaired) electrons. The molecule has 2 N–H and O–H groups in total. The van der Waals surface area contributed by atoms with Gasteiger partial charge in [-0.25, -0.2) is 0 Å². The normalized spacial score (nSPS) is 10.3. The first-order chi connectivity index (χ1) is 10.9. The Morgan fingerprint density at radius 2 is 1.78 bits per heavy atom. The molecule has 0 heterocycles. The number of benzene rings is 2. The van der Waals surface area contributed by atoms with Crippen LogP contribution in [-0.4, -0.2) is 26.5 Å². The molecule has 0 aliphatic heterocycles. The maximum Gasteiger partial charge on any atom is 0.243 e. The van der Waals surface area contributed by atoms with Crippen molar-refractivity contribution in [3.05, 3.63) is 52.5 Å². The Morgan fingerprint density at radius 3 is 2.35 bits per heavy atom. The second-order valence-electron chi connectivity index (χ2n) is 5.78. The first kappa shape index (κ1) is 17.2. The first-order valence-corrected chi connectivity index (χ1v) is 7.82. The average molecular weight is 332 g/mol. The van der Waals surface area contributed by atoms with Gasteiger partial charge in [-0.2, -0.15) is 0 Å². The molecule has 0 unspecified atom stereocenters. The highest BCUT2D eigenvalue weighted by Crippen LogP contribution is 2.27. The van der Waals surface area contributed by atoms with E-state index in [1.807, 2.05) is 69.2 Å². The number of rotatable bonds is 5. The van der Waals surface area contributed by atoms with E-state index in [1.54, 1.807) is 0 Å². The van der Waals surface area contributed by atoms with Crippen molar-refractivity contribution in [2.75, 3.05) is 36.2 Å². The predicted octanol–water partition coefficient (Wildman–Crippen LogP) is 4.07. The number of anilines is 3. The van der Waals surface area contributed by atoms with E-state index in [4.69, 9.17) is 11.6 Å². The summed E-state index contributed by atoms with van der Waals surface area (Å²) in [5.74, 6) is -0.112. The second-order valence-corrected chi connectivity index (χ2v) is 6.19. The van der Waals surface area contributed by atoms with Crippen LogP contribution in [0.5, 0.6) is 0 Å². The number of nitrogens with one attached hydrogen (secondary N) is 2. The summed E-state index contributed by atoms with van der Waals surface area (Å²) < 4.78 is 0. The van der Waals surface area contributed by atoms with Gasteiger partial charge in [-0.3, -0.25) is 4.79 Å². The third kappa shape index (κ3) is 4.63. The molecule has 0 saturated carbocycles. The van der Waals surface area contributed by atoms with E-state index in [-0.39, 0.29) is 12.5 Å². The molecule has 2 aromatic rings. The molecule has 0 aliphatic carbocycles. The summed E-state index contributed by atoms with van der Waals surface area (Å²) in [6, 6.07) is 11.6. The summed E-state index contributed by atoms with van der Waals surface area (Å²) in [6.45, 7) is 4.13. The van der Waals surface area contributed by atoms with Crippen LogP contribution in [0.4, 0.5) is 17.1 Å². The van der Waals surface area contributed by atoms with Crippen molar-refractivity contribution >= 4 is 34.6 Å². The number of carbonyl (C=O) groups is 1. The van der Waals surface area contributed by atoms with Crippen molar-refractivity contribution in [1.29, 1.82) is 0 Å². The van der Waals surface area contributed by atoms with Gasteiger partial charge in [0.15, 0.2) is 0 Å². The third-order valence-corrected chi connectivity index (χ3v) is 3.82. The van der Waals surface area contributed by atoms with Crippen LogP contribution in [-0.2, 0) is 4.79 Å². The number of nitrogens with zero attached hydrogens (tertiary/aromatic N) is 1. The fourth-order valence-corrected chi connectivity index (χ4v) is 2.74. The quantitative estimate of drug-likeness (QED) is 0.868. The van der Waals surface area contributed by atoms with Crippen LogP contribution < -0.4 is 15.5 Å². The molecular weight excluding hydrogens is 310 g/mol. The third-order valence-electron chi connectivity index (χ3n) is 3.52. The minimum atomic E-state index is -0.112. The van der Waals surface area contributed by atoms with E-state index in [0.29, 0.717) is 5.02 Å². The zero-order valence-corrected chi connectivity index (χ0v) is 14.7. The molecule has 0 saturated heterocycles. The van der Waals surface area contributed by atoms with Crippen LogP contribution in [0.25, 0.3) is 0 Å². The van der Waals surface area contributed by atoms with Crippen LogP contribution >= 0.6 is 11.6 Å². The molecule has 2 rings (SSSR count). The van der Waals surface area contributed by atoms with Crippen molar-refractivity contribution in [3.8, 4) is 0 Å².